The number of nitrogens with two attached hydrogens (primary N) is 1. The van der Waals surface area contributed by atoms with Crippen molar-refractivity contribution in [3.05, 3.63) is 48.2 Å². The molecule has 0 amide bonds. The van der Waals surface area contributed by atoms with E-state index in [-0.39, 0.29) is 5.69 Å². The van der Waals surface area contributed by atoms with E-state index in [4.69, 9.17) is 10.8 Å². The van der Waals surface area contributed by atoms with Gasteiger partial charge in [0.2, 0.25) is 0 Å². The highest BCUT2D eigenvalue weighted by Gasteiger charge is 2.08. The van der Waals surface area contributed by atoms with Crippen LogP contribution in [0.25, 0.3) is 11.3 Å². The van der Waals surface area contributed by atoms with E-state index in [2.05, 4.69) is 4.98 Å². The number of hydrogen-bond acceptors (Lipinski definition) is 3. The number of carbonyl (C=O) groups is 1. The molecular formula is C12H10N2O2. The molecule has 0 aliphatic rings. The van der Waals surface area contributed by atoms with Gasteiger partial charge >= 0.3 is 5.97 Å². The largest absolute Gasteiger partial charge is 0.477 e. The van der Waals surface area contributed by atoms with Gasteiger partial charge in [0.25, 0.3) is 0 Å². The summed E-state index contributed by atoms with van der Waals surface area (Å²) in [7, 11) is 0. The van der Waals surface area contributed by atoms with Crippen molar-refractivity contribution < 1.29 is 9.90 Å². The molecule has 2 aromatic rings. The van der Waals surface area contributed by atoms with Crippen molar-refractivity contribution in [2.24, 2.45) is 0 Å². The second kappa shape index (κ2) is 4.02. The van der Waals surface area contributed by atoms with Crippen molar-refractivity contribution >= 4 is 11.7 Å². The maximum atomic E-state index is 10.8. The van der Waals surface area contributed by atoms with E-state index in [1.807, 2.05) is 30.3 Å². The number of carboxylic acids is 1. The molecule has 1 aromatic heterocycles. The van der Waals surface area contributed by atoms with E-state index in [1.165, 1.54) is 6.07 Å². The first-order chi connectivity index (χ1) is 7.66. The van der Waals surface area contributed by atoms with Crippen molar-refractivity contribution in [2.45, 2.75) is 0 Å². The molecule has 0 spiro atoms. The van der Waals surface area contributed by atoms with E-state index in [9.17, 15) is 4.79 Å². The average Bonchev–Trinajstić information content (AvgIpc) is 2.29. The van der Waals surface area contributed by atoms with Crippen LogP contribution in [0.3, 0.4) is 0 Å². The lowest BCUT2D eigenvalue weighted by Gasteiger charge is -2.03. The van der Waals surface area contributed by atoms with Crippen molar-refractivity contribution in [1.82, 2.24) is 4.98 Å². The van der Waals surface area contributed by atoms with Gasteiger partial charge in [-0.25, -0.2) is 9.78 Å². The van der Waals surface area contributed by atoms with Crippen molar-refractivity contribution in [1.29, 1.82) is 0 Å². The third-order valence-electron chi connectivity index (χ3n) is 2.14. The van der Waals surface area contributed by atoms with Gasteiger partial charge in [0.15, 0.2) is 5.69 Å². The maximum absolute atomic E-state index is 10.8. The Kier molecular flexibility index (Phi) is 2.55. The van der Waals surface area contributed by atoms with E-state index >= 15 is 0 Å². The van der Waals surface area contributed by atoms with Crippen molar-refractivity contribution in [3.8, 4) is 11.3 Å². The first kappa shape index (κ1) is 10.2. The molecule has 0 bridgehead atoms. The molecule has 80 valence electrons. The predicted octanol–water partition coefficient (Wildman–Crippen LogP) is 2.03. The van der Waals surface area contributed by atoms with Gasteiger partial charge in [-0.05, 0) is 12.1 Å². The van der Waals surface area contributed by atoms with Crippen LogP contribution < -0.4 is 5.73 Å². The topological polar surface area (TPSA) is 76.2 Å². The van der Waals surface area contributed by atoms with Gasteiger partial charge in [-0.2, -0.15) is 0 Å². The summed E-state index contributed by atoms with van der Waals surface area (Å²) in [5.41, 5.74) is 7.40. The predicted molar refractivity (Wildman–Crippen MR) is 61.0 cm³/mol. The summed E-state index contributed by atoms with van der Waals surface area (Å²) < 4.78 is 0. The standard InChI is InChI=1S/C12H10N2O2/c13-9-6-10(8-4-2-1-3-5-8)14-11(7-9)12(15)16/h1-7H,(H2,13,14)(H,15,16). The molecule has 3 N–H and O–H groups in total. The van der Waals surface area contributed by atoms with Crippen LogP contribution in [0.5, 0.6) is 0 Å². The van der Waals surface area contributed by atoms with E-state index < -0.39 is 5.97 Å². The maximum Gasteiger partial charge on any atom is 0.354 e. The third-order valence-corrected chi connectivity index (χ3v) is 2.14. The quantitative estimate of drug-likeness (QED) is 0.801. The number of hydrogen-bond donors (Lipinski definition) is 2. The number of benzene rings is 1. The zero-order valence-corrected chi connectivity index (χ0v) is 8.42. The highest BCUT2D eigenvalue weighted by atomic mass is 16.4. The van der Waals surface area contributed by atoms with Gasteiger partial charge in [0, 0.05) is 11.3 Å². The molecule has 0 radical (unpaired) electrons. The second-order valence-corrected chi connectivity index (χ2v) is 3.34. The first-order valence-corrected chi connectivity index (χ1v) is 4.73. The number of aromatic nitrogens is 1. The van der Waals surface area contributed by atoms with Crippen molar-refractivity contribution in [3.63, 3.8) is 0 Å². The fraction of sp³-hybridized carbons (Fsp3) is 0. The summed E-state index contributed by atoms with van der Waals surface area (Å²) in [6.07, 6.45) is 0. The number of rotatable bonds is 2. The monoisotopic (exact) mass is 214 g/mol. The van der Waals surface area contributed by atoms with Gasteiger partial charge in [0.1, 0.15) is 0 Å². The van der Waals surface area contributed by atoms with Crippen LogP contribution in [0.15, 0.2) is 42.5 Å². The number of nitrogen functional groups attached to an aromatic ring is 1. The summed E-state index contributed by atoms with van der Waals surface area (Å²) in [4.78, 5) is 14.8. The molecule has 1 heterocycles. The molecule has 0 aliphatic heterocycles. The van der Waals surface area contributed by atoms with Gasteiger partial charge in [-0.3, -0.25) is 0 Å². The van der Waals surface area contributed by atoms with Crippen LogP contribution in [-0.4, -0.2) is 16.1 Å². The van der Waals surface area contributed by atoms with Crippen LogP contribution >= 0.6 is 0 Å². The lowest BCUT2D eigenvalue weighted by Crippen LogP contribution is -2.02. The van der Waals surface area contributed by atoms with Crippen molar-refractivity contribution in [2.75, 3.05) is 5.73 Å². The Morgan fingerprint density at radius 2 is 1.88 bits per heavy atom. The van der Waals surface area contributed by atoms with Gasteiger partial charge in [-0.1, -0.05) is 30.3 Å². The molecule has 4 nitrogen and oxygen atoms in total. The minimum atomic E-state index is -1.08. The Labute approximate surface area is 92.4 Å². The Morgan fingerprint density at radius 3 is 2.50 bits per heavy atom. The fourth-order valence-corrected chi connectivity index (χ4v) is 1.42. The average molecular weight is 214 g/mol. The normalized spacial score (nSPS) is 10.0. The van der Waals surface area contributed by atoms with Gasteiger partial charge < -0.3 is 10.8 Å². The lowest BCUT2D eigenvalue weighted by molar-refractivity contribution is 0.0690. The van der Waals surface area contributed by atoms with Gasteiger partial charge in [0.05, 0.1) is 5.69 Å². The molecule has 0 atom stereocenters. The molecule has 4 heteroatoms. The summed E-state index contributed by atoms with van der Waals surface area (Å²) in [5, 5.41) is 8.86. The highest BCUT2D eigenvalue weighted by Crippen LogP contribution is 2.19. The zero-order valence-electron chi connectivity index (χ0n) is 8.42. The molecule has 0 saturated carbocycles. The van der Waals surface area contributed by atoms with Crippen LogP contribution in [0.4, 0.5) is 5.69 Å². The summed E-state index contributed by atoms with van der Waals surface area (Å²) in [5.74, 6) is -1.08. The van der Waals surface area contributed by atoms with Crippen LogP contribution in [-0.2, 0) is 0 Å². The molecule has 16 heavy (non-hydrogen) atoms. The number of anilines is 1. The number of aromatic carboxylic acids is 1. The smallest absolute Gasteiger partial charge is 0.354 e. The van der Waals surface area contributed by atoms with E-state index in [0.717, 1.165) is 5.56 Å². The fourth-order valence-electron chi connectivity index (χ4n) is 1.42. The lowest BCUT2D eigenvalue weighted by atomic mass is 10.1. The Hall–Kier alpha value is -2.36. The Morgan fingerprint density at radius 1 is 1.19 bits per heavy atom. The highest BCUT2D eigenvalue weighted by molar-refractivity contribution is 5.87. The zero-order chi connectivity index (χ0) is 11.5. The number of nitrogens with zero attached hydrogens (tertiary/aromatic N) is 1. The summed E-state index contributed by atoms with van der Waals surface area (Å²) >= 11 is 0. The van der Waals surface area contributed by atoms with E-state index in [1.54, 1.807) is 6.07 Å². The van der Waals surface area contributed by atoms with Crippen LogP contribution in [0.1, 0.15) is 10.5 Å². The molecule has 0 aliphatic carbocycles. The molecule has 2 rings (SSSR count). The number of carboxylic acid groups (broad SMARTS) is 1. The molecule has 0 fully saturated rings. The molecular weight excluding hydrogens is 204 g/mol. The molecule has 0 unspecified atom stereocenters. The van der Waals surface area contributed by atoms with Crippen LogP contribution in [0.2, 0.25) is 0 Å². The molecule has 0 saturated heterocycles. The Bertz CT molecular complexity index is 524. The third kappa shape index (κ3) is 2.00. The van der Waals surface area contributed by atoms with E-state index in [0.29, 0.717) is 11.4 Å². The minimum Gasteiger partial charge on any atom is -0.477 e. The SMILES string of the molecule is Nc1cc(C(=O)O)nc(-c2ccccc2)c1. The minimum absolute atomic E-state index is 0.0427. The summed E-state index contributed by atoms with van der Waals surface area (Å²) in [6, 6.07) is 12.3. The Balaban J connectivity index is 2.54. The first-order valence-electron chi connectivity index (χ1n) is 4.73. The second-order valence-electron chi connectivity index (χ2n) is 3.34. The number of pyridine rings is 1. The van der Waals surface area contributed by atoms with Crippen LogP contribution in [0, 0.1) is 0 Å². The van der Waals surface area contributed by atoms with Gasteiger partial charge in [-0.15, -0.1) is 0 Å². The summed E-state index contributed by atoms with van der Waals surface area (Å²) in [6.45, 7) is 0. The molecule has 1 aromatic carbocycles.